The fourth-order valence-electron chi connectivity index (χ4n) is 2.80. The van der Waals surface area contributed by atoms with E-state index in [4.69, 9.17) is 9.47 Å². The topological polar surface area (TPSA) is 72.8 Å². The number of rotatable bonds is 3. The van der Waals surface area contributed by atoms with Crippen LogP contribution in [0.15, 0.2) is 42.5 Å². The van der Waals surface area contributed by atoms with Gasteiger partial charge in [-0.15, -0.1) is 0 Å². The highest BCUT2D eigenvalue weighted by atomic mass is 16.5. The Morgan fingerprint density at radius 1 is 1.22 bits per heavy atom. The van der Waals surface area contributed by atoms with Gasteiger partial charge in [-0.3, -0.25) is 4.79 Å². The number of hydrogen-bond donors (Lipinski definition) is 1. The summed E-state index contributed by atoms with van der Waals surface area (Å²) < 4.78 is 11.0. The molecule has 0 amide bonds. The van der Waals surface area contributed by atoms with Crippen LogP contribution in [0.3, 0.4) is 0 Å². The summed E-state index contributed by atoms with van der Waals surface area (Å²) in [5.41, 5.74) is 1.02. The monoisotopic (exact) mass is 312 g/mol. The molecule has 1 aliphatic rings. The van der Waals surface area contributed by atoms with E-state index in [1.165, 1.54) is 19.2 Å². The number of hydrogen-bond acceptors (Lipinski definition) is 4. The van der Waals surface area contributed by atoms with Gasteiger partial charge in [-0.2, -0.15) is 0 Å². The first kappa shape index (κ1) is 15.1. The molecule has 1 aliphatic heterocycles. The van der Waals surface area contributed by atoms with Crippen molar-refractivity contribution in [1.29, 1.82) is 0 Å². The first-order valence-electron chi connectivity index (χ1n) is 7.24. The summed E-state index contributed by atoms with van der Waals surface area (Å²) in [4.78, 5) is 24.2. The molecule has 5 nitrogen and oxygen atoms in total. The number of carbonyl (C=O) groups is 2. The average molecular weight is 312 g/mol. The lowest BCUT2D eigenvalue weighted by molar-refractivity contribution is 0.0642. The van der Waals surface area contributed by atoms with Gasteiger partial charge in [0.15, 0.2) is 5.78 Å². The highest BCUT2D eigenvalue weighted by Crippen LogP contribution is 2.42. The Bertz CT molecular complexity index is 766. The van der Waals surface area contributed by atoms with Gasteiger partial charge in [-0.1, -0.05) is 37.3 Å². The highest BCUT2D eigenvalue weighted by Gasteiger charge is 2.37. The number of carboxylic acids is 1. The van der Waals surface area contributed by atoms with Gasteiger partial charge in [-0.25, -0.2) is 4.79 Å². The Morgan fingerprint density at radius 2 is 1.91 bits per heavy atom. The van der Waals surface area contributed by atoms with E-state index in [0.717, 1.165) is 5.56 Å². The van der Waals surface area contributed by atoms with E-state index in [-0.39, 0.29) is 22.7 Å². The second-order valence-corrected chi connectivity index (χ2v) is 5.46. The minimum atomic E-state index is -1.16. The highest BCUT2D eigenvalue weighted by molar-refractivity contribution is 6.05. The van der Waals surface area contributed by atoms with Gasteiger partial charge >= 0.3 is 5.97 Å². The molecule has 118 valence electrons. The van der Waals surface area contributed by atoms with Crippen LogP contribution in [0.25, 0.3) is 0 Å². The van der Waals surface area contributed by atoms with Crippen molar-refractivity contribution in [3.05, 3.63) is 59.2 Å². The standard InChI is InChI=1S/C18H16O5/c1-10-15(19)13-8-12(22-2)9-14(18(20)21)17(13)23-16(10)11-6-4-3-5-7-11/h3-10,16H,1-2H3,(H,20,21). The molecule has 2 unspecified atom stereocenters. The molecule has 1 N–H and O–H groups in total. The molecule has 23 heavy (non-hydrogen) atoms. The maximum atomic E-state index is 12.7. The van der Waals surface area contributed by atoms with Crippen LogP contribution in [0, 0.1) is 5.92 Å². The van der Waals surface area contributed by atoms with Crippen molar-refractivity contribution < 1.29 is 24.2 Å². The second kappa shape index (κ2) is 5.76. The van der Waals surface area contributed by atoms with Crippen molar-refractivity contribution in [3.8, 4) is 11.5 Å². The predicted octanol–water partition coefficient (Wildman–Crippen LogP) is 3.35. The maximum Gasteiger partial charge on any atom is 0.339 e. The molecular formula is C18H16O5. The molecule has 2 atom stereocenters. The smallest absolute Gasteiger partial charge is 0.339 e. The van der Waals surface area contributed by atoms with Gasteiger partial charge in [0.05, 0.1) is 18.6 Å². The van der Waals surface area contributed by atoms with Crippen LogP contribution >= 0.6 is 0 Å². The third kappa shape index (κ3) is 2.54. The van der Waals surface area contributed by atoms with Crippen LogP contribution < -0.4 is 9.47 Å². The molecule has 0 bridgehead atoms. The molecule has 5 heteroatoms. The minimum absolute atomic E-state index is 0.0690. The van der Waals surface area contributed by atoms with Crippen molar-refractivity contribution in [2.45, 2.75) is 13.0 Å². The largest absolute Gasteiger partial charge is 0.497 e. The van der Waals surface area contributed by atoms with E-state index < -0.39 is 18.0 Å². The fourth-order valence-corrected chi connectivity index (χ4v) is 2.80. The number of methoxy groups -OCH3 is 1. The Hall–Kier alpha value is -2.82. The van der Waals surface area contributed by atoms with Gasteiger partial charge in [0.1, 0.15) is 23.2 Å². The van der Waals surface area contributed by atoms with Gasteiger partial charge in [0, 0.05) is 0 Å². The van der Waals surface area contributed by atoms with E-state index in [2.05, 4.69) is 0 Å². The lowest BCUT2D eigenvalue weighted by atomic mass is 9.86. The Balaban J connectivity index is 2.15. The number of Topliss-reactive ketones (excluding diaryl/α,β-unsaturated/α-hetero) is 1. The lowest BCUT2D eigenvalue weighted by Gasteiger charge is -2.31. The molecule has 0 aromatic heterocycles. The van der Waals surface area contributed by atoms with Crippen LogP contribution in [0.1, 0.15) is 39.3 Å². The van der Waals surface area contributed by atoms with Crippen LogP contribution in [0.4, 0.5) is 0 Å². The summed E-state index contributed by atoms with van der Waals surface area (Å²) in [5.74, 6) is -1.30. The molecule has 0 spiro atoms. The zero-order valence-corrected chi connectivity index (χ0v) is 12.8. The van der Waals surface area contributed by atoms with Crippen molar-refractivity contribution in [2.75, 3.05) is 7.11 Å². The molecular weight excluding hydrogens is 296 g/mol. The van der Waals surface area contributed by atoms with Crippen LogP contribution in [0.5, 0.6) is 11.5 Å². The molecule has 2 aromatic carbocycles. The van der Waals surface area contributed by atoms with Crippen LogP contribution in [-0.4, -0.2) is 24.0 Å². The minimum Gasteiger partial charge on any atom is -0.497 e. The SMILES string of the molecule is COc1cc(C(=O)O)c2c(c1)C(=O)C(C)C(c1ccccc1)O2. The second-order valence-electron chi connectivity index (χ2n) is 5.46. The van der Waals surface area contributed by atoms with Crippen molar-refractivity contribution in [1.82, 2.24) is 0 Å². The maximum absolute atomic E-state index is 12.7. The first-order valence-corrected chi connectivity index (χ1v) is 7.24. The summed E-state index contributed by atoms with van der Waals surface area (Å²) in [6, 6.07) is 12.2. The average Bonchev–Trinajstić information content (AvgIpc) is 2.57. The van der Waals surface area contributed by atoms with E-state index in [9.17, 15) is 14.7 Å². The van der Waals surface area contributed by atoms with E-state index in [1.807, 2.05) is 30.3 Å². The summed E-state index contributed by atoms with van der Waals surface area (Å²) in [5, 5.41) is 9.42. The lowest BCUT2D eigenvalue weighted by Crippen LogP contribution is -2.30. The van der Waals surface area contributed by atoms with Gasteiger partial charge in [0.25, 0.3) is 0 Å². The van der Waals surface area contributed by atoms with Crippen LogP contribution in [0.2, 0.25) is 0 Å². The number of ether oxygens (including phenoxy) is 2. The van der Waals surface area contributed by atoms with Gasteiger partial charge < -0.3 is 14.6 Å². The molecule has 1 heterocycles. The molecule has 0 saturated heterocycles. The van der Waals surface area contributed by atoms with E-state index in [0.29, 0.717) is 5.75 Å². The third-order valence-corrected chi connectivity index (χ3v) is 4.03. The summed E-state index contributed by atoms with van der Waals surface area (Å²) >= 11 is 0. The number of carboxylic acid groups (broad SMARTS) is 1. The number of ketones is 1. The third-order valence-electron chi connectivity index (χ3n) is 4.03. The quantitative estimate of drug-likeness (QED) is 0.941. The van der Waals surface area contributed by atoms with Crippen molar-refractivity contribution in [3.63, 3.8) is 0 Å². The van der Waals surface area contributed by atoms with Crippen molar-refractivity contribution >= 4 is 11.8 Å². The summed E-state index contributed by atoms with van der Waals surface area (Å²) in [6.07, 6.45) is -0.511. The molecule has 2 aromatic rings. The number of aromatic carboxylic acids is 1. The molecule has 0 saturated carbocycles. The molecule has 3 rings (SSSR count). The first-order chi connectivity index (χ1) is 11.0. The van der Waals surface area contributed by atoms with Gasteiger partial charge in [-0.05, 0) is 17.7 Å². The Labute approximate surface area is 133 Å². The predicted molar refractivity (Wildman–Crippen MR) is 83.3 cm³/mol. The molecule has 0 fully saturated rings. The molecule has 0 aliphatic carbocycles. The van der Waals surface area contributed by atoms with E-state index >= 15 is 0 Å². The number of benzene rings is 2. The Morgan fingerprint density at radius 3 is 2.52 bits per heavy atom. The zero-order chi connectivity index (χ0) is 16.6. The van der Waals surface area contributed by atoms with E-state index in [1.54, 1.807) is 6.92 Å². The normalized spacial score (nSPS) is 19.7. The molecule has 0 radical (unpaired) electrons. The number of carbonyl (C=O) groups excluding carboxylic acids is 1. The van der Waals surface area contributed by atoms with Gasteiger partial charge in [0.2, 0.25) is 0 Å². The summed E-state index contributed by atoms with van der Waals surface area (Å²) in [6.45, 7) is 1.78. The Kier molecular flexibility index (Phi) is 3.78. The number of fused-ring (bicyclic) bond motifs is 1. The van der Waals surface area contributed by atoms with Crippen molar-refractivity contribution in [2.24, 2.45) is 5.92 Å². The zero-order valence-electron chi connectivity index (χ0n) is 12.8. The fraction of sp³-hybridized carbons (Fsp3) is 0.222. The summed E-state index contributed by atoms with van der Waals surface area (Å²) in [7, 11) is 1.43. The van der Waals surface area contributed by atoms with Crippen LogP contribution in [-0.2, 0) is 0 Å².